The van der Waals surface area contributed by atoms with E-state index in [-0.39, 0.29) is 24.8 Å². The summed E-state index contributed by atoms with van der Waals surface area (Å²) in [4.78, 5) is 24.8. The third-order valence-corrected chi connectivity index (χ3v) is 3.58. The van der Waals surface area contributed by atoms with Crippen LogP contribution in [0.25, 0.3) is 0 Å². The summed E-state index contributed by atoms with van der Waals surface area (Å²) < 4.78 is 38.4. The second-order valence-electron chi connectivity index (χ2n) is 5.11. The molecule has 0 heterocycles. The summed E-state index contributed by atoms with van der Waals surface area (Å²) in [5.74, 6) is -0.583. The van der Waals surface area contributed by atoms with Gasteiger partial charge in [-0.05, 0) is 31.5 Å². The van der Waals surface area contributed by atoms with E-state index in [2.05, 4.69) is 5.32 Å². The molecule has 0 aliphatic carbocycles. The maximum absolute atomic E-state index is 12.8. The summed E-state index contributed by atoms with van der Waals surface area (Å²) in [6.45, 7) is 5.24. The van der Waals surface area contributed by atoms with Crippen LogP contribution >= 0.6 is 0 Å². The number of likely N-dealkylation sites (N-methyl/N-ethyl adjacent to an activating group) is 1. The third-order valence-electron chi connectivity index (χ3n) is 3.58. The molecule has 1 aromatic carbocycles. The first-order valence-electron chi connectivity index (χ1n) is 7.44. The Balaban J connectivity index is 2.90. The van der Waals surface area contributed by atoms with Crippen molar-refractivity contribution in [3.05, 3.63) is 35.4 Å². The Morgan fingerprint density at radius 1 is 1.26 bits per heavy atom. The van der Waals surface area contributed by atoms with Crippen molar-refractivity contribution in [2.24, 2.45) is 0 Å². The summed E-state index contributed by atoms with van der Waals surface area (Å²) >= 11 is 0. The van der Waals surface area contributed by atoms with Gasteiger partial charge in [0, 0.05) is 13.0 Å². The largest absolute Gasteiger partial charge is 0.416 e. The fraction of sp³-hybridized carbons (Fsp3) is 0.500. The van der Waals surface area contributed by atoms with E-state index in [0.29, 0.717) is 12.1 Å². The van der Waals surface area contributed by atoms with Gasteiger partial charge in [0.25, 0.3) is 0 Å². The van der Waals surface area contributed by atoms with Gasteiger partial charge in [0.15, 0.2) is 0 Å². The first-order chi connectivity index (χ1) is 10.7. The van der Waals surface area contributed by atoms with Crippen molar-refractivity contribution in [1.82, 2.24) is 10.2 Å². The van der Waals surface area contributed by atoms with Gasteiger partial charge in [-0.1, -0.05) is 19.1 Å². The van der Waals surface area contributed by atoms with Crippen LogP contribution in [0.15, 0.2) is 24.3 Å². The van der Waals surface area contributed by atoms with Crippen LogP contribution in [0.5, 0.6) is 0 Å². The predicted octanol–water partition coefficient (Wildman–Crippen LogP) is 3.14. The van der Waals surface area contributed by atoms with Gasteiger partial charge in [-0.2, -0.15) is 13.2 Å². The number of carbonyl (C=O) groups excluding carboxylic acids is 2. The van der Waals surface area contributed by atoms with Crippen molar-refractivity contribution < 1.29 is 22.8 Å². The summed E-state index contributed by atoms with van der Waals surface area (Å²) in [7, 11) is 0. The Morgan fingerprint density at radius 3 is 2.43 bits per heavy atom. The van der Waals surface area contributed by atoms with E-state index >= 15 is 0 Å². The summed E-state index contributed by atoms with van der Waals surface area (Å²) in [6.07, 6.45) is -4.16. The van der Waals surface area contributed by atoms with Crippen LogP contribution in [0.3, 0.4) is 0 Å². The van der Waals surface area contributed by atoms with Crippen LogP contribution in [-0.4, -0.2) is 29.8 Å². The lowest BCUT2D eigenvalue weighted by molar-refractivity contribution is -0.137. The molecule has 23 heavy (non-hydrogen) atoms. The molecule has 1 N–H and O–H groups in total. The molecule has 0 saturated carbocycles. The SMILES string of the molecule is CCC(=O)NCC(=O)N(CC)[C@H](C)c1cccc(C(F)(F)F)c1. The smallest absolute Gasteiger partial charge is 0.347 e. The molecule has 128 valence electrons. The molecule has 1 atom stereocenters. The summed E-state index contributed by atoms with van der Waals surface area (Å²) in [6, 6.07) is 4.40. The van der Waals surface area contributed by atoms with Gasteiger partial charge >= 0.3 is 6.18 Å². The highest BCUT2D eigenvalue weighted by molar-refractivity contribution is 5.84. The number of nitrogens with one attached hydrogen (secondary N) is 1. The Kier molecular flexibility index (Phi) is 6.60. The summed E-state index contributed by atoms with van der Waals surface area (Å²) in [5, 5.41) is 2.48. The monoisotopic (exact) mass is 330 g/mol. The van der Waals surface area contributed by atoms with Crippen LogP contribution in [-0.2, 0) is 15.8 Å². The van der Waals surface area contributed by atoms with E-state index in [9.17, 15) is 22.8 Å². The van der Waals surface area contributed by atoms with E-state index in [1.54, 1.807) is 26.8 Å². The number of hydrogen-bond donors (Lipinski definition) is 1. The molecule has 1 aromatic rings. The second-order valence-corrected chi connectivity index (χ2v) is 5.11. The predicted molar refractivity (Wildman–Crippen MR) is 80.5 cm³/mol. The van der Waals surface area contributed by atoms with Crippen molar-refractivity contribution in [3.63, 3.8) is 0 Å². The zero-order valence-corrected chi connectivity index (χ0v) is 13.4. The first kappa shape index (κ1) is 19.0. The highest BCUT2D eigenvalue weighted by atomic mass is 19.4. The molecule has 0 unspecified atom stereocenters. The second kappa shape index (κ2) is 7.99. The normalized spacial score (nSPS) is 12.6. The Labute approximate surface area is 133 Å². The van der Waals surface area contributed by atoms with Crippen molar-refractivity contribution in [1.29, 1.82) is 0 Å². The average molecular weight is 330 g/mol. The number of benzene rings is 1. The highest BCUT2D eigenvalue weighted by Gasteiger charge is 2.31. The lowest BCUT2D eigenvalue weighted by Gasteiger charge is -2.29. The molecule has 0 fully saturated rings. The van der Waals surface area contributed by atoms with Gasteiger partial charge in [-0.3, -0.25) is 9.59 Å². The zero-order chi connectivity index (χ0) is 17.6. The molecular weight excluding hydrogens is 309 g/mol. The molecular formula is C16H21F3N2O2. The molecule has 4 nitrogen and oxygen atoms in total. The van der Waals surface area contributed by atoms with Gasteiger partial charge in [0.2, 0.25) is 11.8 Å². The molecule has 2 amide bonds. The molecule has 0 spiro atoms. The lowest BCUT2D eigenvalue weighted by Crippen LogP contribution is -2.41. The molecule has 0 bridgehead atoms. The molecule has 0 aromatic heterocycles. The molecule has 1 rings (SSSR count). The van der Waals surface area contributed by atoms with E-state index in [1.807, 2.05) is 0 Å². The highest BCUT2D eigenvalue weighted by Crippen LogP contribution is 2.31. The van der Waals surface area contributed by atoms with Crippen LogP contribution in [0.1, 0.15) is 44.4 Å². The lowest BCUT2D eigenvalue weighted by atomic mass is 10.0. The maximum atomic E-state index is 12.8. The van der Waals surface area contributed by atoms with Gasteiger partial charge in [-0.15, -0.1) is 0 Å². The van der Waals surface area contributed by atoms with E-state index < -0.39 is 17.8 Å². The van der Waals surface area contributed by atoms with E-state index in [4.69, 9.17) is 0 Å². The zero-order valence-electron chi connectivity index (χ0n) is 13.4. The third kappa shape index (κ3) is 5.26. The van der Waals surface area contributed by atoms with Crippen molar-refractivity contribution in [2.75, 3.05) is 13.1 Å². The first-order valence-corrected chi connectivity index (χ1v) is 7.44. The number of carbonyl (C=O) groups is 2. The topological polar surface area (TPSA) is 49.4 Å². The van der Waals surface area contributed by atoms with Gasteiger partial charge in [0.05, 0.1) is 18.2 Å². The molecule has 7 heteroatoms. The number of alkyl halides is 3. The Bertz CT molecular complexity index is 559. The van der Waals surface area contributed by atoms with Crippen LogP contribution in [0.4, 0.5) is 13.2 Å². The van der Waals surface area contributed by atoms with E-state index in [0.717, 1.165) is 12.1 Å². The van der Waals surface area contributed by atoms with Gasteiger partial charge < -0.3 is 10.2 Å². The van der Waals surface area contributed by atoms with Crippen LogP contribution in [0, 0.1) is 0 Å². The minimum atomic E-state index is -4.42. The fourth-order valence-electron chi connectivity index (χ4n) is 2.22. The molecule has 0 aliphatic rings. The molecule has 0 saturated heterocycles. The number of nitrogens with zero attached hydrogens (tertiary/aromatic N) is 1. The fourth-order valence-corrected chi connectivity index (χ4v) is 2.22. The molecule has 0 radical (unpaired) electrons. The number of rotatable bonds is 6. The summed E-state index contributed by atoms with van der Waals surface area (Å²) in [5.41, 5.74) is -0.346. The van der Waals surface area contributed by atoms with Crippen LogP contribution < -0.4 is 5.32 Å². The minimum absolute atomic E-state index is 0.163. The van der Waals surface area contributed by atoms with Crippen molar-refractivity contribution in [2.45, 2.75) is 39.4 Å². The number of halogens is 3. The van der Waals surface area contributed by atoms with E-state index in [1.165, 1.54) is 11.0 Å². The number of amides is 2. The Hall–Kier alpha value is -2.05. The molecule has 0 aliphatic heterocycles. The standard InChI is InChI=1S/C16H21F3N2O2/c1-4-14(22)20-10-15(23)21(5-2)11(3)12-7-6-8-13(9-12)16(17,18)19/h6-9,11H,4-5,10H2,1-3H3,(H,20,22)/t11-/m1/s1. The van der Waals surface area contributed by atoms with Crippen LogP contribution in [0.2, 0.25) is 0 Å². The van der Waals surface area contributed by atoms with Crippen molar-refractivity contribution >= 4 is 11.8 Å². The quantitative estimate of drug-likeness (QED) is 0.871. The van der Waals surface area contributed by atoms with Crippen molar-refractivity contribution in [3.8, 4) is 0 Å². The number of hydrogen-bond acceptors (Lipinski definition) is 2. The minimum Gasteiger partial charge on any atom is -0.347 e. The Morgan fingerprint density at radius 2 is 1.91 bits per heavy atom. The maximum Gasteiger partial charge on any atom is 0.416 e. The van der Waals surface area contributed by atoms with Gasteiger partial charge in [0.1, 0.15) is 0 Å². The van der Waals surface area contributed by atoms with Gasteiger partial charge in [-0.25, -0.2) is 0 Å². The average Bonchev–Trinajstić information content (AvgIpc) is 2.52.